The SMILES string of the molecule is COCC(CCO)Nc1cc(C(F)(F)F)cc(Cl)n1. The fourth-order valence-corrected chi connectivity index (χ4v) is 1.71. The van der Waals surface area contributed by atoms with Gasteiger partial charge >= 0.3 is 6.18 Å². The number of aliphatic hydroxyl groups is 1. The van der Waals surface area contributed by atoms with Crippen LogP contribution in [0.1, 0.15) is 12.0 Å². The summed E-state index contributed by atoms with van der Waals surface area (Å²) in [5.74, 6) is -0.00433. The largest absolute Gasteiger partial charge is 0.416 e. The number of hydrogen-bond acceptors (Lipinski definition) is 4. The molecule has 1 atom stereocenters. The molecule has 2 N–H and O–H groups in total. The van der Waals surface area contributed by atoms with E-state index in [2.05, 4.69) is 10.3 Å². The summed E-state index contributed by atoms with van der Waals surface area (Å²) in [5, 5.41) is 11.4. The zero-order chi connectivity index (χ0) is 14.5. The van der Waals surface area contributed by atoms with E-state index in [-0.39, 0.29) is 30.2 Å². The lowest BCUT2D eigenvalue weighted by molar-refractivity contribution is -0.137. The van der Waals surface area contributed by atoms with Crippen LogP contribution < -0.4 is 5.32 Å². The molecule has 0 fully saturated rings. The highest BCUT2D eigenvalue weighted by Crippen LogP contribution is 2.32. The normalized spacial score (nSPS) is 13.4. The zero-order valence-corrected chi connectivity index (χ0v) is 10.9. The van der Waals surface area contributed by atoms with Crippen molar-refractivity contribution < 1.29 is 23.0 Å². The molecule has 0 saturated carbocycles. The summed E-state index contributed by atoms with van der Waals surface area (Å²) in [6, 6.07) is 1.28. The van der Waals surface area contributed by atoms with E-state index >= 15 is 0 Å². The van der Waals surface area contributed by atoms with E-state index in [1.165, 1.54) is 7.11 Å². The van der Waals surface area contributed by atoms with Gasteiger partial charge in [0.05, 0.1) is 18.2 Å². The molecule has 0 radical (unpaired) electrons. The van der Waals surface area contributed by atoms with Gasteiger partial charge in [-0.25, -0.2) is 4.98 Å². The molecule has 0 bridgehead atoms. The summed E-state index contributed by atoms with van der Waals surface area (Å²) in [6.45, 7) is 0.115. The summed E-state index contributed by atoms with van der Waals surface area (Å²) in [5.41, 5.74) is -0.879. The van der Waals surface area contributed by atoms with E-state index in [1.807, 2.05) is 0 Å². The van der Waals surface area contributed by atoms with Crippen LogP contribution in [0.4, 0.5) is 19.0 Å². The van der Waals surface area contributed by atoms with E-state index in [1.54, 1.807) is 0 Å². The van der Waals surface area contributed by atoms with Crippen LogP contribution in [0.15, 0.2) is 12.1 Å². The van der Waals surface area contributed by atoms with Crippen LogP contribution in [0.5, 0.6) is 0 Å². The average Bonchev–Trinajstić information content (AvgIpc) is 2.27. The minimum atomic E-state index is -4.49. The smallest absolute Gasteiger partial charge is 0.396 e. The van der Waals surface area contributed by atoms with Gasteiger partial charge in [0.1, 0.15) is 11.0 Å². The molecule has 1 unspecified atom stereocenters. The number of rotatable bonds is 6. The average molecular weight is 299 g/mol. The molecule has 1 rings (SSSR count). The van der Waals surface area contributed by atoms with Crippen molar-refractivity contribution in [2.45, 2.75) is 18.6 Å². The minimum Gasteiger partial charge on any atom is -0.396 e. The van der Waals surface area contributed by atoms with Crippen LogP contribution in [0.2, 0.25) is 5.15 Å². The van der Waals surface area contributed by atoms with Gasteiger partial charge in [-0.05, 0) is 18.6 Å². The molecule has 0 aliphatic heterocycles. The highest BCUT2D eigenvalue weighted by molar-refractivity contribution is 6.29. The summed E-state index contributed by atoms with van der Waals surface area (Å²) in [7, 11) is 1.46. The topological polar surface area (TPSA) is 54.4 Å². The third kappa shape index (κ3) is 5.22. The third-order valence-corrected chi connectivity index (χ3v) is 2.51. The highest BCUT2D eigenvalue weighted by Gasteiger charge is 2.31. The Kier molecular flexibility index (Phi) is 5.84. The maximum Gasteiger partial charge on any atom is 0.416 e. The Morgan fingerprint density at radius 3 is 2.68 bits per heavy atom. The quantitative estimate of drug-likeness (QED) is 0.793. The number of alkyl halides is 3. The summed E-state index contributed by atoms with van der Waals surface area (Å²) >= 11 is 5.56. The number of anilines is 1. The summed E-state index contributed by atoms with van der Waals surface area (Å²) in [6.07, 6.45) is -4.17. The van der Waals surface area contributed by atoms with Gasteiger partial charge in [0, 0.05) is 13.7 Å². The van der Waals surface area contributed by atoms with Crippen LogP contribution in [0.25, 0.3) is 0 Å². The van der Waals surface area contributed by atoms with Gasteiger partial charge in [0.2, 0.25) is 0 Å². The zero-order valence-electron chi connectivity index (χ0n) is 10.2. The molecule has 1 aromatic rings. The van der Waals surface area contributed by atoms with Gasteiger partial charge in [-0.15, -0.1) is 0 Å². The lowest BCUT2D eigenvalue weighted by Crippen LogP contribution is -2.26. The molecule has 1 aromatic heterocycles. The van der Waals surface area contributed by atoms with Crippen LogP contribution in [0, 0.1) is 0 Å². The van der Waals surface area contributed by atoms with Crippen molar-refractivity contribution in [3.05, 3.63) is 22.8 Å². The predicted molar refractivity (Wildman–Crippen MR) is 65.2 cm³/mol. The first-order valence-electron chi connectivity index (χ1n) is 5.48. The third-order valence-electron chi connectivity index (χ3n) is 2.32. The molecule has 0 saturated heterocycles. The lowest BCUT2D eigenvalue weighted by Gasteiger charge is -2.18. The van der Waals surface area contributed by atoms with Crippen molar-refractivity contribution in [2.24, 2.45) is 0 Å². The fraction of sp³-hybridized carbons (Fsp3) is 0.545. The van der Waals surface area contributed by atoms with Crippen LogP contribution in [-0.2, 0) is 10.9 Å². The lowest BCUT2D eigenvalue weighted by atomic mass is 10.2. The number of ether oxygens (including phenoxy) is 1. The van der Waals surface area contributed by atoms with Gasteiger partial charge in [-0.1, -0.05) is 11.6 Å². The maximum atomic E-state index is 12.6. The van der Waals surface area contributed by atoms with E-state index in [9.17, 15) is 13.2 Å². The predicted octanol–water partition coefficient (Wildman–Crippen LogP) is 2.56. The maximum absolute atomic E-state index is 12.6. The van der Waals surface area contributed by atoms with E-state index in [0.717, 1.165) is 12.1 Å². The second kappa shape index (κ2) is 6.93. The van der Waals surface area contributed by atoms with Crippen molar-refractivity contribution in [3.63, 3.8) is 0 Å². The Hall–Kier alpha value is -1.05. The van der Waals surface area contributed by atoms with Crippen molar-refractivity contribution in [1.29, 1.82) is 0 Å². The molecular formula is C11H14ClF3N2O2. The Morgan fingerprint density at radius 2 is 2.16 bits per heavy atom. The Bertz CT molecular complexity index is 409. The second-order valence-corrected chi connectivity index (χ2v) is 4.26. The standard InChI is InChI=1S/C11H14ClF3N2O2/c1-19-6-8(2-3-18)16-10-5-7(11(13,14)15)4-9(12)17-10/h4-5,8,18H,2-3,6H2,1H3,(H,16,17). The first kappa shape index (κ1) is 16.0. The molecule has 0 aliphatic carbocycles. The molecule has 0 aliphatic rings. The first-order valence-corrected chi connectivity index (χ1v) is 5.85. The van der Waals surface area contributed by atoms with Gasteiger partial charge < -0.3 is 15.2 Å². The number of nitrogens with zero attached hydrogens (tertiary/aromatic N) is 1. The van der Waals surface area contributed by atoms with Crippen LogP contribution >= 0.6 is 11.6 Å². The summed E-state index contributed by atoms with van der Waals surface area (Å²) in [4.78, 5) is 3.77. The highest BCUT2D eigenvalue weighted by atomic mass is 35.5. The number of aromatic nitrogens is 1. The molecule has 19 heavy (non-hydrogen) atoms. The molecule has 1 heterocycles. The number of methoxy groups -OCH3 is 1. The molecule has 0 amide bonds. The van der Waals surface area contributed by atoms with Crippen LogP contribution in [-0.4, -0.2) is 36.5 Å². The molecular weight excluding hydrogens is 285 g/mol. The van der Waals surface area contributed by atoms with Crippen LogP contribution in [0.3, 0.4) is 0 Å². The number of halogens is 4. The second-order valence-electron chi connectivity index (χ2n) is 3.87. The van der Waals surface area contributed by atoms with E-state index < -0.39 is 11.7 Å². The molecule has 0 spiro atoms. The summed E-state index contributed by atoms with van der Waals surface area (Å²) < 4.78 is 42.7. The Labute approximate surface area is 113 Å². The fourth-order valence-electron chi connectivity index (χ4n) is 1.50. The van der Waals surface area contributed by atoms with Crippen molar-refractivity contribution >= 4 is 17.4 Å². The van der Waals surface area contributed by atoms with Crippen molar-refractivity contribution in [1.82, 2.24) is 4.98 Å². The number of nitrogens with one attached hydrogen (secondary N) is 1. The van der Waals surface area contributed by atoms with Gasteiger partial charge in [0.15, 0.2) is 0 Å². The van der Waals surface area contributed by atoms with E-state index in [4.69, 9.17) is 21.4 Å². The van der Waals surface area contributed by atoms with Gasteiger partial charge in [-0.3, -0.25) is 0 Å². The minimum absolute atomic E-state index is 0.00433. The van der Waals surface area contributed by atoms with Gasteiger partial charge in [-0.2, -0.15) is 13.2 Å². The van der Waals surface area contributed by atoms with Crippen molar-refractivity contribution in [2.75, 3.05) is 25.6 Å². The molecule has 0 aromatic carbocycles. The Morgan fingerprint density at radius 1 is 1.47 bits per heavy atom. The first-order chi connectivity index (χ1) is 8.86. The molecule has 108 valence electrons. The van der Waals surface area contributed by atoms with Gasteiger partial charge in [0.25, 0.3) is 0 Å². The molecule has 4 nitrogen and oxygen atoms in total. The van der Waals surface area contributed by atoms with Crippen molar-refractivity contribution in [3.8, 4) is 0 Å². The number of hydrogen-bond donors (Lipinski definition) is 2. The Balaban J connectivity index is 2.90. The van der Waals surface area contributed by atoms with E-state index in [0.29, 0.717) is 6.42 Å². The number of pyridine rings is 1. The monoisotopic (exact) mass is 298 g/mol. The number of aliphatic hydroxyl groups excluding tert-OH is 1. The molecule has 8 heteroatoms.